The van der Waals surface area contributed by atoms with Gasteiger partial charge in [-0.2, -0.15) is 0 Å². The third-order valence-corrected chi connectivity index (χ3v) is 0.914. The first-order valence-electron chi connectivity index (χ1n) is 1.79. The number of hydrogen-bond donors (Lipinski definition) is 0. The molecule has 0 bridgehead atoms. The van der Waals surface area contributed by atoms with Crippen LogP contribution in [0.2, 0.25) is 0 Å². The maximum atomic E-state index is 3.84. The summed E-state index contributed by atoms with van der Waals surface area (Å²) in [5, 5.41) is 0. The zero-order valence-corrected chi connectivity index (χ0v) is 3.05. The van der Waals surface area contributed by atoms with Crippen molar-refractivity contribution >= 4 is 0 Å². The number of fused-ring (bicyclic) bond motifs is 1. The summed E-state index contributed by atoms with van der Waals surface area (Å²) in [5.74, 6) is 0. The molecule has 0 unspecified atom stereocenters. The predicted molar refractivity (Wildman–Crippen MR) is 21.0 cm³/mol. The van der Waals surface area contributed by atoms with Gasteiger partial charge >= 0.3 is 0 Å². The molecule has 2 heterocycles. The molecule has 0 saturated heterocycles. The molecule has 0 fully saturated rings. The van der Waals surface area contributed by atoms with E-state index in [-0.39, 0.29) is 0 Å². The van der Waals surface area contributed by atoms with E-state index in [1.54, 1.807) is 12.4 Å². The van der Waals surface area contributed by atoms with Crippen LogP contribution in [0.5, 0.6) is 0 Å². The quantitative estimate of drug-likeness (QED) is 0.457. The van der Waals surface area contributed by atoms with Crippen molar-refractivity contribution in [2.45, 2.75) is 0 Å². The van der Waals surface area contributed by atoms with Crippen molar-refractivity contribution in [3.8, 4) is 11.4 Å². The average molecular weight is 78.1 g/mol. The van der Waals surface area contributed by atoms with Crippen molar-refractivity contribution in [1.29, 1.82) is 0 Å². The molecule has 0 spiro atoms. The molecule has 0 N–H and O–H groups in total. The van der Waals surface area contributed by atoms with E-state index < -0.39 is 0 Å². The van der Waals surface area contributed by atoms with Gasteiger partial charge in [-0.15, -0.1) is 0 Å². The molecule has 0 saturated carbocycles. The van der Waals surface area contributed by atoms with E-state index in [1.165, 1.54) is 0 Å². The molecule has 28 valence electrons. The summed E-state index contributed by atoms with van der Waals surface area (Å²) in [6.45, 7) is 0. The minimum absolute atomic E-state index is 1.06. The minimum atomic E-state index is 1.06. The van der Waals surface area contributed by atoms with Crippen molar-refractivity contribution in [1.82, 2.24) is 9.97 Å². The Labute approximate surface area is 34.9 Å². The van der Waals surface area contributed by atoms with Gasteiger partial charge < -0.3 is 0 Å². The van der Waals surface area contributed by atoms with E-state index in [9.17, 15) is 0 Å². The predicted octanol–water partition coefficient (Wildman–Crippen LogP) is 0.457. The highest BCUT2D eigenvalue weighted by Gasteiger charge is 2.09. The number of rotatable bonds is 0. The molecule has 2 nitrogen and oxygen atoms in total. The third kappa shape index (κ3) is 0.0779. The Kier molecular flexibility index (Phi) is 0.179. The molecule has 2 heteroatoms. The van der Waals surface area contributed by atoms with Crippen molar-refractivity contribution in [2.75, 3.05) is 0 Å². The Hall–Kier alpha value is -0.920. The lowest BCUT2D eigenvalue weighted by molar-refractivity contribution is 1.09. The van der Waals surface area contributed by atoms with Crippen LogP contribution in [-0.2, 0) is 0 Å². The second-order valence-corrected chi connectivity index (χ2v) is 1.29. The van der Waals surface area contributed by atoms with E-state index in [0.29, 0.717) is 0 Å². The third-order valence-electron chi connectivity index (χ3n) is 0.914. The standard InChI is InChI=1S/C4H2N2/c1-3-4(5-1)2-6-3/h1-2H. The van der Waals surface area contributed by atoms with Crippen LogP contribution < -0.4 is 0 Å². The molecule has 2 aliphatic rings. The van der Waals surface area contributed by atoms with Crippen molar-refractivity contribution < 1.29 is 0 Å². The zero-order valence-electron chi connectivity index (χ0n) is 3.05. The minimum Gasteiger partial charge on any atom is -0.251 e. The maximum Gasteiger partial charge on any atom is 0.109 e. The summed E-state index contributed by atoms with van der Waals surface area (Å²) in [6.07, 6.45) is 3.52. The lowest BCUT2D eigenvalue weighted by Gasteiger charge is -2.06. The van der Waals surface area contributed by atoms with Crippen LogP contribution in [0.25, 0.3) is 11.4 Å². The Bertz CT molecular complexity index is 144. The Morgan fingerprint density at radius 3 is 1.50 bits per heavy atom. The fraction of sp³-hybridized carbons (Fsp3) is 0. The van der Waals surface area contributed by atoms with Crippen LogP contribution in [0.3, 0.4) is 0 Å². The van der Waals surface area contributed by atoms with Gasteiger partial charge in [0.25, 0.3) is 0 Å². The summed E-state index contributed by atoms with van der Waals surface area (Å²) in [4.78, 5) is 7.69. The first-order chi connectivity index (χ1) is 2.97. The highest BCUT2D eigenvalue weighted by Crippen LogP contribution is 2.20. The largest absolute Gasteiger partial charge is 0.251 e. The van der Waals surface area contributed by atoms with Crippen molar-refractivity contribution in [3.05, 3.63) is 12.4 Å². The molecule has 0 radical (unpaired) electrons. The number of nitrogens with zero attached hydrogens (tertiary/aromatic N) is 2. The van der Waals surface area contributed by atoms with E-state index in [0.717, 1.165) is 11.4 Å². The van der Waals surface area contributed by atoms with Gasteiger partial charge in [-0.3, -0.25) is 9.97 Å². The second-order valence-electron chi connectivity index (χ2n) is 1.29. The first-order valence-corrected chi connectivity index (χ1v) is 1.79. The smallest absolute Gasteiger partial charge is 0.109 e. The van der Waals surface area contributed by atoms with Crippen LogP contribution in [0.15, 0.2) is 12.4 Å². The summed E-state index contributed by atoms with van der Waals surface area (Å²) >= 11 is 0. The van der Waals surface area contributed by atoms with Gasteiger partial charge in [0.15, 0.2) is 0 Å². The van der Waals surface area contributed by atoms with Gasteiger partial charge in [0.1, 0.15) is 11.4 Å². The normalized spacial score (nSPS) is 11.3. The maximum absolute atomic E-state index is 3.84. The van der Waals surface area contributed by atoms with Crippen molar-refractivity contribution in [3.63, 3.8) is 0 Å². The van der Waals surface area contributed by atoms with Gasteiger partial charge in [-0.1, -0.05) is 0 Å². The fourth-order valence-corrected chi connectivity index (χ4v) is 0.460. The van der Waals surface area contributed by atoms with Crippen molar-refractivity contribution in [2.24, 2.45) is 0 Å². The molecule has 0 atom stereocenters. The molecule has 2 aliphatic heterocycles. The average Bonchev–Trinajstić information content (AvgIpc) is 1.54. The summed E-state index contributed by atoms with van der Waals surface area (Å²) in [5.41, 5.74) is 2.13. The molecular formula is C4H2N2. The SMILES string of the molecule is c1nc2cnc1-2. The number of aromatic nitrogens is 2. The summed E-state index contributed by atoms with van der Waals surface area (Å²) < 4.78 is 0. The first kappa shape index (κ1) is 2.29. The van der Waals surface area contributed by atoms with Crippen LogP contribution in [0.4, 0.5) is 0 Å². The summed E-state index contributed by atoms with van der Waals surface area (Å²) in [7, 11) is 0. The number of hydrogen-bond acceptors (Lipinski definition) is 2. The highest BCUT2D eigenvalue weighted by atomic mass is 14.9. The lowest BCUT2D eigenvalue weighted by atomic mass is 10.2. The van der Waals surface area contributed by atoms with Gasteiger partial charge in [-0.05, 0) is 0 Å². The van der Waals surface area contributed by atoms with E-state index in [1.807, 2.05) is 0 Å². The van der Waals surface area contributed by atoms with Crippen LogP contribution in [0.1, 0.15) is 0 Å². The molecular weight excluding hydrogens is 76.1 g/mol. The second kappa shape index (κ2) is 0.469. The fourth-order valence-electron chi connectivity index (χ4n) is 0.460. The monoisotopic (exact) mass is 78.0 g/mol. The zero-order chi connectivity index (χ0) is 3.98. The Morgan fingerprint density at radius 1 is 1.00 bits per heavy atom. The molecule has 0 aliphatic carbocycles. The van der Waals surface area contributed by atoms with E-state index in [2.05, 4.69) is 9.97 Å². The lowest BCUT2D eigenvalue weighted by Crippen LogP contribution is -1.98. The van der Waals surface area contributed by atoms with Gasteiger partial charge in [0, 0.05) is 0 Å². The molecule has 0 aromatic carbocycles. The topological polar surface area (TPSA) is 25.8 Å². The van der Waals surface area contributed by atoms with Crippen LogP contribution in [0, 0.1) is 0 Å². The van der Waals surface area contributed by atoms with E-state index >= 15 is 0 Å². The van der Waals surface area contributed by atoms with Crippen LogP contribution in [-0.4, -0.2) is 9.97 Å². The van der Waals surface area contributed by atoms with E-state index in [4.69, 9.17) is 0 Å². The molecule has 0 aromatic rings. The Morgan fingerprint density at radius 2 is 1.50 bits per heavy atom. The summed E-state index contributed by atoms with van der Waals surface area (Å²) in [6, 6.07) is 0. The molecule has 6 heavy (non-hydrogen) atoms. The Balaban J connectivity index is 2.95. The van der Waals surface area contributed by atoms with Crippen LogP contribution >= 0.6 is 0 Å². The molecule has 0 amide bonds. The molecule has 0 aromatic heterocycles. The van der Waals surface area contributed by atoms with Gasteiger partial charge in [-0.25, -0.2) is 0 Å². The van der Waals surface area contributed by atoms with Gasteiger partial charge in [0.05, 0.1) is 12.4 Å². The van der Waals surface area contributed by atoms with Gasteiger partial charge in [0.2, 0.25) is 0 Å². The highest BCUT2D eigenvalue weighted by molar-refractivity contribution is 5.60. The molecule has 2 rings (SSSR count).